The molecule has 1 aromatic heterocycles. The molecule has 28 heavy (non-hydrogen) atoms. The third-order valence-corrected chi connectivity index (χ3v) is 4.75. The van der Waals surface area contributed by atoms with E-state index in [1.54, 1.807) is 6.92 Å². The van der Waals surface area contributed by atoms with Crippen molar-refractivity contribution in [2.75, 3.05) is 31.2 Å². The zero-order valence-electron chi connectivity index (χ0n) is 16.1. The molecule has 2 aromatic carbocycles. The Kier molecular flexibility index (Phi) is 6.25. The van der Waals surface area contributed by atoms with E-state index in [0.717, 1.165) is 30.0 Å². The van der Waals surface area contributed by atoms with Crippen LogP contribution in [-0.4, -0.2) is 41.8 Å². The van der Waals surface area contributed by atoms with Crippen molar-refractivity contribution in [2.45, 2.75) is 6.92 Å². The van der Waals surface area contributed by atoms with Gasteiger partial charge < -0.3 is 19.5 Å². The number of benzene rings is 2. The minimum Gasteiger partial charge on any atom is -0.543 e. The number of carboxylic acids is 1. The molecule has 1 saturated heterocycles. The van der Waals surface area contributed by atoms with Gasteiger partial charge in [0.25, 0.3) is 0 Å². The number of imidazole rings is 1. The molecule has 2 heterocycles. The summed E-state index contributed by atoms with van der Waals surface area (Å²) in [6, 6.07) is 17.5. The summed E-state index contributed by atoms with van der Waals surface area (Å²) in [7, 11) is 0. The van der Waals surface area contributed by atoms with Gasteiger partial charge in [-0.2, -0.15) is 0 Å². The molecule has 0 atom stereocenters. The second-order valence-electron chi connectivity index (χ2n) is 6.46. The van der Waals surface area contributed by atoms with E-state index in [0.29, 0.717) is 24.7 Å². The van der Waals surface area contributed by atoms with Gasteiger partial charge in [-0.05, 0) is 25.1 Å². The van der Waals surface area contributed by atoms with Crippen molar-refractivity contribution in [2.24, 2.45) is 0 Å². The second kappa shape index (κ2) is 8.66. The van der Waals surface area contributed by atoms with Gasteiger partial charge in [0.1, 0.15) is 11.5 Å². The van der Waals surface area contributed by atoms with Crippen molar-refractivity contribution in [1.29, 1.82) is 0 Å². The number of carboxylic acid groups (broad SMARTS) is 1. The fraction of sp³-hybridized carbons (Fsp3) is 0.238. The summed E-state index contributed by atoms with van der Waals surface area (Å²) in [6.45, 7) is 4.89. The van der Waals surface area contributed by atoms with E-state index in [9.17, 15) is 9.90 Å². The van der Waals surface area contributed by atoms with Crippen molar-refractivity contribution in [3.63, 3.8) is 0 Å². The predicted octanol–water partition coefficient (Wildman–Crippen LogP) is -0.948. The van der Waals surface area contributed by atoms with Gasteiger partial charge in [-0.3, -0.25) is 4.57 Å². The summed E-state index contributed by atoms with van der Waals surface area (Å²) in [6.07, 6.45) is 0. The Labute approximate surface area is 175 Å². The van der Waals surface area contributed by atoms with Crippen LogP contribution in [0.5, 0.6) is 0 Å². The number of morpholine rings is 1. The summed E-state index contributed by atoms with van der Waals surface area (Å²) in [5.74, 6) is -0.674. The van der Waals surface area contributed by atoms with Crippen LogP contribution in [0, 0.1) is 6.92 Å². The number of rotatable bonds is 4. The number of aryl methyl sites for hydroxylation is 1. The van der Waals surface area contributed by atoms with Crippen LogP contribution >= 0.6 is 0 Å². The predicted molar refractivity (Wildman–Crippen MR) is 101 cm³/mol. The van der Waals surface area contributed by atoms with Crippen LogP contribution < -0.4 is 28.9 Å². The number of ether oxygens (including phenoxy) is 1. The number of anilines is 1. The maximum atomic E-state index is 11.7. The van der Waals surface area contributed by atoms with Crippen molar-refractivity contribution in [3.8, 4) is 16.9 Å². The quantitative estimate of drug-likeness (QED) is 0.555. The van der Waals surface area contributed by atoms with Gasteiger partial charge in [-0.1, -0.05) is 36.4 Å². The average molecular weight is 369 g/mol. The number of aromatic carboxylic acids is 1. The van der Waals surface area contributed by atoms with E-state index < -0.39 is 5.97 Å². The fourth-order valence-corrected chi connectivity index (χ4v) is 3.50. The molecular formula is C21H20LiN3O3. The number of carbonyl (C=O) groups is 1. The largest absolute Gasteiger partial charge is 1.00 e. The SMILES string of the molecule is Cc1nc(C(=O)[O-])c(-c2ccccc2)n1-c1cccc(N2CCOCC2)c1.[Li+]. The van der Waals surface area contributed by atoms with Gasteiger partial charge in [-0.15, -0.1) is 0 Å². The van der Waals surface area contributed by atoms with Gasteiger partial charge in [0.2, 0.25) is 0 Å². The summed E-state index contributed by atoms with van der Waals surface area (Å²) in [5, 5.41) is 11.7. The first-order chi connectivity index (χ1) is 13.1. The minimum absolute atomic E-state index is 0. The van der Waals surface area contributed by atoms with Crippen molar-refractivity contribution in [3.05, 3.63) is 66.1 Å². The van der Waals surface area contributed by atoms with E-state index in [1.165, 1.54) is 0 Å². The molecule has 0 N–H and O–H groups in total. The second-order valence-corrected chi connectivity index (χ2v) is 6.46. The Morgan fingerprint density at radius 3 is 2.39 bits per heavy atom. The van der Waals surface area contributed by atoms with Crippen LogP contribution in [0.2, 0.25) is 0 Å². The van der Waals surface area contributed by atoms with Crippen LogP contribution in [0.4, 0.5) is 5.69 Å². The van der Waals surface area contributed by atoms with E-state index in [-0.39, 0.29) is 24.6 Å². The van der Waals surface area contributed by atoms with Gasteiger partial charge in [0.15, 0.2) is 0 Å². The van der Waals surface area contributed by atoms with E-state index in [4.69, 9.17) is 4.74 Å². The molecular weight excluding hydrogens is 349 g/mol. The first kappa shape index (κ1) is 20.2. The molecule has 6 nitrogen and oxygen atoms in total. The third kappa shape index (κ3) is 3.85. The zero-order chi connectivity index (χ0) is 18.8. The first-order valence-electron chi connectivity index (χ1n) is 8.94. The van der Waals surface area contributed by atoms with Gasteiger partial charge in [0, 0.05) is 30.0 Å². The molecule has 1 aliphatic heterocycles. The number of nitrogens with zero attached hydrogens (tertiary/aromatic N) is 3. The summed E-state index contributed by atoms with van der Waals surface area (Å²) in [4.78, 5) is 18.2. The van der Waals surface area contributed by atoms with E-state index in [2.05, 4.69) is 22.0 Å². The fourth-order valence-electron chi connectivity index (χ4n) is 3.50. The molecule has 0 amide bonds. The van der Waals surface area contributed by atoms with Crippen LogP contribution in [-0.2, 0) is 4.74 Å². The zero-order valence-corrected chi connectivity index (χ0v) is 16.1. The number of aromatic nitrogens is 2. The van der Waals surface area contributed by atoms with Crippen molar-refractivity contribution < 1.29 is 33.5 Å². The smallest absolute Gasteiger partial charge is 0.543 e. The minimum atomic E-state index is -1.28. The molecule has 7 heteroatoms. The molecule has 138 valence electrons. The molecule has 0 radical (unpaired) electrons. The molecule has 1 aliphatic rings. The molecule has 0 bridgehead atoms. The van der Waals surface area contributed by atoms with Crippen molar-refractivity contribution >= 4 is 11.7 Å². The molecule has 3 aromatic rings. The Balaban J connectivity index is 0.00000225. The van der Waals surface area contributed by atoms with Gasteiger partial charge in [0.05, 0.1) is 24.9 Å². The topological polar surface area (TPSA) is 70.4 Å². The molecule has 1 fully saturated rings. The Hall–Kier alpha value is -2.52. The Morgan fingerprint density at radius 1 is 1.04 bits per heavy atom. The molecule has 0 spiro atoms. The summed E-state index contributed by atoms with van der Waals surface area (Å²) in [5.41, 5.74) is 3.23. The molecule has 0 saturated carbocycles. The average Bonchev–Trinajstić information content (AvgIpc) is 3.07. The summed E-state index contributed by atoms with van der Waals surface area (Å²) < 4.78 is 7.31. The van der Waals surface area contributed by atoms with Crippen LogP contribution in [0.25, 0.3) is 16.9 Å². The van der Waals surface area contributed by atoms with E-state index in [1.807, 2.05) is 47.0 Å². The van der Waals surface area contributed by atoms with Gasteiger partial charge in [-0.25, -0.2) is 4.98 Å². The maximum Gasteiger partial charge on any atom is 1.00 e. The van der Waals surface area contributed by atoms with Crippen LogP contribution in [0.1, 0.15) is 16.3 Å². The Morgan fingerprint density at radius 2 is 1.71 bits per heavy atom. The number of hydrogen-bond donors (Lipinski definition) is 0. The van der Waals surface area contributed by atoms with Crippen LogP contribution in [0.15, 0.2) is 54.6 Å². The monoisotopic (exact) mass is 369 g/mol. The number of carbonyl (C=O) groups excluding carboxylic acids is 1. The normalized spacial score (nSPS) is 13.8. The van der Waals surface area contributed by atoms with Crippen LogP contribution in [0.3, 0.4) is 0 Å². The standard InChI is InChI=1S/C21H21N3O3.Li/c1-15-22-19(21(25)26)20(16-6-3-2-4-7-16)24(15)18-9-5-8-17(14-18)23-10-12-27-13-11-23;/h2-9,14H,10-13H2,1H3,(H,25,26);/q;+1/p-1. The molecule has 0 aliphatic carbocycles. The summed E-state index contributed by atoms with van der Waals surface area (Å²) >= 11 is 0. The van der Waals surface area contributed by atoms with Crippen molar-refractivity contribution in [1.82, 2.24) is 9.55 Å². The van der Waals surface area contributed by atoms with Gasteiger partial charge >= 0.3 is 18.9 Å². The Bertz CT molecular complexity index is 966. The molecule has 4 rings (SSSR count). The number of hydrogen-bond acceptors (Lipinski definition) is 5. The first-order valence-corrected chi connectivity index (χ1v) is 8.94. The third-order valence-electron chi connectivity index (χ3n) is 4.75. The van der Waals surface area contributed by atoms with E-state index >= 15 is 0 Å². The molecule has 0 unspecified atom stereocenters. The maximum absolute atomic E-state index is 11.7.